The molecule has 1 aromatic carbocycles. The lowest BCUT2D eigenvalue weighted by Gasteiger charge is -2.09. The van der Waals surface area contributed by atoms with Crippen LogP contribution in [0.1, 0.15) is 17.2 Å². The summed E-state index contributed by atoms with van der Waals surface area (Å²) in [7, 11) is 0. The lowest BCUT2D eigenvalue weighted by molar-refractivity contribution is 0.268. The highest BCUT2D eigenvalue weighted by molar-refractivity contribution is 9.10. The summed E-state index contributed by atoms with van der Waals surface area (Å²) in [5.74, 6) is 0. The van der Waals surface area contributed by atoms with E-state index < -0.39 is 0 Å². The van der Waals surface area contributed by atoms with Gasteiger partial charge in [-0.2, -0.15) is 0 Å². The van der Waals surface area contributed by atoms with E-state index >= 15 is 0 Å². The Labute approximate surface area is 80.5 Å². The van der Waals surface area contributed by atoms with E-state index in [0.717, 1.165) is 15.6 Å². The Hall–Kier alpha value is -0.380. The molecule has 66 valence electrons. The van der Waals surface area contributed by atoms with E-state index in [2.05, 4.69) is 15.9 Å². The van der Waals surface area contributed by atoms with Crippen molar-refractivity contribution in [2.24, 2.45) is 5.73 Å². The Morgan fingerprint density at radius 1 is 1.58 bits per heavy atom. The molecule has 0 radical (unpaired) electrons. The number of nitrogens with two attached hydrogens (primary N) is 1. The Morgan fingerprint density at radius 2 is 2.25 bits per heavy atom. The van der Waals surface area contributed by atoms with E-state index in [9.17, 15) is 0 Å². The third-order valence-electron chi connectivity index (χ3n) is 1.81. The number of halogens is 1. The van der Waals surface area contributed by atoms with Gasteiger partial charge in [0.2, 0.25) is 0 Å². The molecule has 0 saturated heterocycles. The number of aryl methyl sites for hydroxylation is 1. The van der Waals surface area contributed by atoms with Crippen LogP contribution in [0.25, 0.3) is 0 Å². The SMILES string of the molecule is Cc1cc([C@@H](N)CO)ccc1Br. The number of rotatable bonds is 2. The molecule has 0 amide bonds. The van der Waals surface area contributed by atoms with Crippen LogP contribution in [0.4, 0.5) is 0 Å². The summed E-state index contributed by atoms with van der Waals surface area (Å²) < 4.78 is 1.07. The van der Waals surface area contributed by atoms with Crippen molar-refractivity contribution in [1.29, 1.82) is 0 Å². The second-order valence-corrected chi connectivity index (χ2v) is 3.65. The standard InChI is InChI=1S/C9H12BrNO/c1-6-4-7(9(11)5-12)2-3-8(6)10/h2-4,9,12H,5,11H2,1H3/t9-/m0/s1. The van der Waals surface area contributed by atoms with Crippen molar-refractivity contribution in [2.75, 3.05) is 6.61 Å². The zero-order valence-corrected chi connectivity index (χ0v) is 8.51. The van der Waals surface area contributed by atoms with Crippen molar-refractivity contribution in [3.8, 4) is 0 Å². The molecule has 0 fully saturated rings. The van der Waals surface area contributed by atoms with Gasteiger partial charge in [-0.15, -0.1) is 0 Å². The highest BCUT2D eigenvalue weighted by Gasteiger charge is 2.04. The summed E-state index contributed by atoms with van der Waals surface area (Å²) in [4.78, 5) is 0. The topological polar surface area (TPSA) is 46.2 Å². The second-order valence-electron chi connectivity index (χ2n) is 2.80. The highest BCUT2D eigenvalue weighted by Crippen LogP contribution is 2.19. The predicted octanol–water partition coefficient (Wildman–Crippen LogP) is 1.75. The van der Waals surface area contributed by atoms with Gasteiger partial charge in [-0.25, -0.2) is 0 Å². The molecular formula is C9H12BrNO. The predicted molar refractivity (Wildman–Crippen MR) is 52.9 cm³/mol. The maximum atomic E-state index is 8.81. The van der Waals surface area contributed by atoms with Gasteiger partial charge in [-0.1, -0.05) is 28.1 Å². The van der Waals surface area contributed by atoms with Crippen molar-refractivity contribution in [2.45, 2.75) is 13.0 Å². The van der Waals surface area contributed by atoms with Crippen LogP contribution in [-0.2, 0) is 0 Å². The van der Waals surface area contributed by atoms with Crippen LogP contribution in [0, 0.1) is 6.92 Å². The first-order valence-corrected chi connectivity index (χ1v) is 4.57. The normalized spacial score (nSPS) is 13.0. The first kappa shape index (κ1) is 9.71. The maximum absolute atomic E-state index is 8.81. The van der Waals surface area contributed by atoms with Crippen LogP contribution < -0.4 is 5.73 Å². The first-order chi connectivity index (χ1) is 5.65. The van der Waals surface area contributed by atoms with E-state index in [-0.39, 0.29) is 12.6 Å². The van der Waals surface area contributed by atoms with E-state index in [0.29, 0.717) is 0 Å². The average molecular weight is 230 g/mol. The summed E-state index contributed by atoms with van der Waals surface area (Å²) in [6.07, 6.45) is 0. The third-order valence-corrected chi connectivity index (χ3v) is 2.70. The van der Waals surface area contributed by atoms with Crippen LogP contribution in [0.3, 0.4) is 0 Å². The molecule has 0 aromatic heterocycles. The van der Waals surface area contributed by atoms with Gasteiger partial charge in [-0.3, -0.25) is 0 Å². The molecule has 0 bridgehead atoms. The molecule has 0 unspecified atom stereocenters. The van der Waals surface area contributed by atoms with E-state index in [1.54, 1.807) is 0 Å². The molecule has 0 spiro atoms. The fraction of sp³-hybridized carbons (Fsp3) is 0.333. The van der Waals surface area contributed by atoms with Crippen LogP contribution >= 0.6 is 15.9 Å². The molecule has 3 heteroatoms. The summed E-state index contributed by atoms with van der Waals surface area (Å²) in [6.45, 7) is 1.98. The quantitative estimate of drug-likeness (QED) is 0.812. The molecule has 0 heterocycles. The van der Waals surface area contributed by atoms with Crippen LogP contribution in [0.5, 0.6) is 0 Å². The number of benzene rings is 1. The largest absolute Gasteiger partial charge is 0.394 e. The molecule has 0 aliphatic carbocycles. The van der Waals surface area contributed by atoms with E-state index in [1.807, 2.05) is 25.1 Å². The smallest absolute Gasteiger partial charge is 0.0624 e. The molecule has 0 aliphatic heterocycles. The van der Waals surface area contributed by atoms with Crippen molar-refractivity contribution in [3.05, 3.63) is 33.8 Å². The number of hydrogen-bond acceptors (Lipinski definition) is 2. The van der Waals surface area contributed by atoms with Gasteiger partial charge in [0, 0.05) is 4.47 Å². The van der Waals surface area contributed by atoms with Crippen LogP contribution in [-0.4, -0.2) is 11.7 Å². The molecule has 0 saturated carbocycles. The number of aliphatic hydroxyl groups excluding tert-OH is 1. The van der Waals surface area contributed by atoms with Crippen molar-refractivity contribution < 1.29 is 5.11 Å². The minimum absolute atomic E-state index is 0.0128. The summed E-state index contributed by atoms with van der Waals surface area (Å²) in [5, 5.41) is 8.81. The molecule has 12 heavy (non-hydrogen) atoms. The van der Waals surface area contributed by atoms with E-state index in [1.165, 1.54) is 0 Å². The molecule has 0 aliphatic rings. The zero-order chi connectivity index (χ0) is 9.14. The van der Waals surface area contributed by atoms with Gasteiger partial charge in [-0.05, 0) is 24.1 Å². The molecule has 1 rings (SSSR count). The molecule has 2 nitrogen and oxygen atoms in total. The van der Waals surface area contributed by atoms with Gasteiger partial charge in [0.1, 0.15) is 0 Å². The second kappa shape index (κ2) is 4.03. The minimum Gasteiger partial charge on any atom is -0.394 e. The molecule has 3 N–H and O–H groups in total. The van der Waals surface area contributed by atoms with Crippen molar-refractivity contribution >= 4 is 15.9 Å². The highest BCUT2D eigenvalue weighted by atomic mass is 79.9. The lowest BCUT2D eigenvalue weighted by atomic mass is 10.1. The Kier molecular flexibility index (Phi) is 3.26. The van der Waals surface area contributed by atoms with Gasteiger partial charge in [0.05, 0.1) is 12.6 Å². The van der Waals surface area contributed by atoms with E-state index in [4.69, 9.17) is 10.8 Å². The van der Waals surface area contributed by atoms with Crippen molar-refractivity contribution in [3.63, 3.8) is 0 Å². The van der Waals surface area contributed by atoms with Gasteiger partial charge in [0.25, 0.3) is 0 Å². The molecular weight excluding hydrogens is 218 g/mol. The Bertz CT molecular complexity index is 275. The van der Waals surface area contributed by atoms with Gasteiger partial charge >= 0.3 is 0 Å². The number of hydrogen-bond donors (Lipinski definition) is 2. The average Bonchev–Trinajstić information content (AvgIpc) is 2.08. The third kappa shape index (κ3) is 2.06. The summed E-state index contributed by atoms with van der Waals surface area (Å²) >= 11 is 3.40. The summed E-state index contributed by atoms with van der Waals surface area (Å²) in [6, 6.07) is 5.57. The Morgan fingerprint density at radius 3 is 2.75 bits per heavy atom. The minimum atomic E-state index is -0.267. The van der Waals surface area contributed by atoms with Crippen LogP contribution in [0.15, 0.2) is 22.7 Å². The maximum Gasteiger partial charge on any atom is 0.0624 e. The zero-order valence-electron chi connectivity index (χ0n) is 6.92. The molecule has 1 atom stereocenters. The first-order valence-electron chi connectivity index (χ1n) is 3.77. The summed E-state index contributed by atoms with van der Waals surface area (Å²) in [5.41, 5.74) is 7.75. The monoisotopic (exact) mass is 229 g/mol. The van der Waals surface area contributed by atoms with Crippen LogP contribution in [0.2, 0.25) is 0 Å². The van der Waals surface area contributed by atoms with Gasteiger partial charge < -0.3 is 10.8 Å². The number of aliphatic hydroxyl groups is 1. The Balaban J connectivity index is 2.96. The molecule has 1 aromatic rings. The lowest BCUT2D eigenvalue weighted by Crippen LogP contribution is -2.14. The van der Waals surface area contributed by atoms with Gasteiger partial charge in [0.15, 0.2) is 0 Å². The van der Waals surface area contributed by atoms with Crippen molar-refractivity contribution in [1.82, 2.24) is 0 Å². The fourth-order valence-corrected chi connectivity index (χ4v) is 1.25. The fourth-order valence-electron chi connectivity index (χ4n) is 1.00.